The van der Waals surface area contributed by atoms with Gasteiger partial charge in [-0.15, -0.1) is 0 Å². The first kappa shape index (κ1) is 13.8. The van der Waals surface area contributed by atoms with E-state index in [0.717, 1.165) is 13.0 Å². The SMILES string of the molecule is CCCOC(COC)COCCOC. The largest absolute Gasteiger partial charge is 0.382 e. The monoisotopic (exact) mass is 206 g/mol. The predicted molar refractivity (Wildman–Crippen MR) is 54.6 cm³/mol. The standard InChI is InChI=1S/C10H22O4/c1-4-5-14-10(8-12-3)9-13-7-6-11-2/h10H,4-9H2,1-3H3. The number of ether oxygens (including phenoxy) is 4. The van der Waals surface area contributed by atoms with Crippen LogP contribution >= 0.6 is 0 Å². The Kier molecular flexibility index (Phi) is 10.8. The molecule has 0 rings (SSSR count). The summed E-state index contributed by atoms with van der Waals surface area (Å²) in [6.45, 7) is 5.20. The minimum atomic E-state index is 0.0387. The van der Waals surface area contributed by atoms with Crippen LogP contribution in [0.2, 0.25) is 0 Å². The molecule has 0 aliphatic rings. The van der Waals surface area contributed by atoms with E-state index in [1.165, 1.54) is 0 Å². The van der Waals surface area contributed by atoms with Gasteiger partial charge in [0.25, 0.3) is 0 Å². The molecule has 0 heterocycles. The molecule has 0 aromatic heterocycles. The van der Waals surface area contributed by atoms with Crippen LogP contribution in [0.15, 0.2) is 0 Å². The molecule has 0 aliphatic heterocycles. The molecule has 0 fully saturated rings. The quantitative estimate of drug-likeness (QED) is 0.501. The molecule has 0 aromatic carbocycles. The third-order valence-corrected chi connectivity index (χ3v) is 1.65. The molecule has 0 aliphatic carbocycles. The third-order valence-electron chi connectivity index (χ3n) is 1.65. The zero-order valence-electron chi connectivity index (χ0n) is 9.45. The van der Waals surface area contributed by atoms with E-state index < -0.39 is 0 Å². The summed E-state index contributed by atoms with van der Waals surface area (Å²) in [5.74, 6) is 0. The molecule has 0 saturated carbocycles. The Bertz CT molecular complexity index is 108. The summed E-state index contributed by atoms with van der Waals surface area (Å²) in [5.41, 5.74) is 0. The first-order valence-electron chi connectivity index (χ1n) is 5.02. The molecule has 1 atom stereocenters. The van der Waals surface area contributed by atoms with E-state index in [1.807, 2.05) is 0 Å². The van der Waals surface area contributed by atoms with Crippen LogP contribution in [-0.4, -0.2) is 53.4 Å². The fourth-order valence-electron chi connectivity index (χ4n) is 0.972. The molecule has 86 valence electrons. The molecule has 0 N–H and O–H groups in total. The van der Waals surface area contributed by atoms with Gasteiger partial charge in [0.15, 0.2) is 0 Å². The van der Waals surface area contributed by atoms with Crippen molar-refractivity contribution < 1.29 is 18.9 Å². The molecular formula is C10H22O4. The highest BCUT2D eigenvalue weighted by molar-refractivity contribution is 4.54. The van der Waals surface area contributed by atoms with Crippen molar-refractivity contribution >= 4 is 0 Å². The summed E-state index contributed by atoms with van der Waals surface area (Å²) < 4.78 is 20.8. The van der Waals surface area contributed by atoms with Crippen LogP contribution < -0.4 is 0 Å². The summed E-state index contributed by atoms with van der Waals surface area (Å²) in [6, 6.07) is 0. The van der Waals surface area contributed by atoms with Gasteiger partial charge in [0, 0.05) is 20.8 Å². The maximum Gasteiger partial charge on any atom is 0.104 e. The van der Waals surface area contributed by atoms with Gasteiger partial charge in [-0.3, -0.25) is 0 Å². The molecule has 4 heteroatoms. The average Bonchev–Trinajstić information content (AvgIpc) is 2.20. The van der Waals surface area contributed by atoms with Crippen LogP contribution in [0, 0.1) is 0 Å². The number of hydrogen-bond donors (Lipinski definition) is 0. The molecule has 4 nitrogen and oxygen atoms in total. The highest BCUT2D eigenvalue weighted by Crippen LogP contribution is 1.96. The van der Waals surface area contributed by atoms with Crippen molar-refractivity contribution in [2.45, 2.75) is 19.4 Å². The summed E-state index contributed by atoms with van der Waals surface area (Å²) in [4.78, 5) is 0. The van der Waals surface area contributed by atoms with Crippen LogP contribution in [0.3, 0.4) is 0 Å². The van der Waals surface area contributed by atoms with Crippen LogP contribution in [0.25, 0.3) is 0 Å². The molecular weight excluding hydrogens is 184 g/mol. The van der Waals surface area contributed by atoms with Crippen molar-refractivity contribution in [1.29, 1.82) is 0 Å². The van der Waals surface area contributed by atoms with E-state index in [9.17, 15) is 0 Å². The number of rotatable bonds is 10. The molecule has 1 unspecified atom stereocenters. The summed E-state index contributed by atoms with van der Waals surface area (Å²) in [7, 11) is 3.32. The molecule has 0 aromatic rings. The van der Waals surface area contributed by atoms with E-state index in [4.69, 9.17) is 18.9 Å². The van der Waals surface area contributed by atoms with Crippen molar-refractivity contribution in [2.24, 2.45) is 0 Å². The first-order chi connectivity index (χ1) is 6.85. The van der Waals surface area contributed by atoms with Crippen molar-refractivity contribution in [3.63, 3.8) is 0 Å². The van der Waals surface area contributed by atoms with Gasteiger partial charge in [0.1, 0.15) is 6.10 Å². The molecule has 0 amide bonds. The Morgan fingerprint density at radius 3 is 2.29 bits per heavy atom. The van der Waals surface area contributed by atoms with Crippen LogP contribution in [-0.2, 0) is 18.9 Å². The van der Waals surface area contributed by atoms with Crippen molar-refractivity contribution in [2.75, 3.05) is 47.3 Å². The average molecular weight is 206 g/mol. The second-order valence-corrected chi connectivity index (χ2v) is 3.02. The minimum Gasteiger partial charge on any atom is -0.382 e. The highest BCUT2D eigenvalue weighted by atomic mass is 16.6. The summed E-state index contributed by atoms with van der Waals surface area (Å²) in [5, 5.41) is 0. The smallest absolute Gasteiger partial charge is 0.104 e. The van der Waals surface area contributed by atoms with Gasteiger partial charge in [-0.2, -0.15) is 0 Å². The Morgan fingerprint density at radius 2 is 1.71 bits per heavy atom. The van der Waals surface area contributed by atoms with Gasteiger partial charge < -0.3 is 18.9 Å². The normalized spacial score (nSPS) is 13.1. The van der Waals surface area contributed by atoms with Crippen molar-refractivity contribution in [1.82, 2.24) is 0 Å². The zero-order valence-corrected chi connectivity index (χ0v) is 9.45. The maximum atomic E-state index is 5.52. The third kappa shape index (κ3) is 8.44. The van der Waals surface area contributed by atoms with E-state index in [-0.39, 0.29) is 6.10 Å². The Balaban J connectivity index is 3.40. The minimum absolute atomic E-state index is 0.0387. The Morgan fingerprint density at radius 1 is 0.929 bits per heavy atom. The molecule has 0 radical (unpaired) electrons. The molecule has 14 heavy (non-hydrogen) atoms. The fraction of sp³-hybridized carbons (Fsp3) is 1.00. The summed E-state index contributed by atoms with van der Waals surface area (Å²) in [6.07, 6.45) is 1.05. The van der Waals surface area contributed by atoms with E-state index >= 15 is 0 Å². The van der Waals surface area contributed by atoms with Crippen LogP contribution in [0.4, 0.5) is 0 Å². The van der Waals surface area contributed by atoms with E-state index in [1.54, 1.807) is 14.2 Å². The lowest BCUT2D eigenvalue weighted by Crippen LogP contribution is -2.26. The van der Waals surface area contributed by atoms with E-state index in [2.05, 4.69) is 6.92 Å². The number of hydrogen-bond acceptors (Lipinski definition) is 4. The highest BCUT2D eigenvalue weighted by Gasteiger charge is 2.08. The number of methoxy groups -OCH3 is 2. The lowest BCUT2D eigenvalue weighted by Gasteiger charge is -2.16. The van der Waals surface area contributed by atoms with Gasteiger partial charge in [-0.1, -0.05) is 6.92 Å². The predicted octanol–water partition coefficient (Wildman–Crippen LogP) is 1.09. The topological polar surface area (TPSA) is 36.9 Å². The Labute approximate surface area is 86.5 Å². The van der Waals surface area contributed by atoms with E-state index in [0.29, 0.717) is 26.4 Å². The maximum absolute atomic E-state index is 5.52. The van der Waals surface area contributed by atoms with Crippen molar-refractivity contribution in [3.8, 4) is 0 Å². The lowest BCUT2D eigenvalue weighted by atomic mass is 10.4. The molecule has 0 bridgehead atoms. The van der Waals surface area contributed by atoms with Crippen LogP contribution in [0.5, 0.6) is 0 Å². The zero-order chi connectivity index (χ0) is 10.6. The summed E-state index contributed by atoms with van der Waals surface area (Å²) >= 11 is 0. The van der Waals surface area contributed by atoms with Gasteiger partial charge in [-0.25, -0.2) is 0 Å². The van der Waals surface area contributed by atoms with Crippen LogP contribution in [0.1, 0.15) is 13.3 Å². The van der Waals surface area contributed by atoms with Gasteiger partial charge in [0.05, 0.1) is 26.4 Å². The lowest BCUT2D eigenvalue weighted by molar-refractivity contribution is -0.0570. The Hall–Kier alpha value is -0.160. The first-order valence-corrected chi connectivity index (χ1v) is 5.02. The second-order valence-electron chi connectivity index (χ2n) is 3.02. The fourth-order valence-corrected chi connectivity index (χ4v) is 0.972. The molecule has 0 spiro atoms. The second kappa shape index (κ2) is 10.9. The van der Waals surface area contributed by atoms with Crippen molar-refractivity contribution in [3.05, 3.63) is 0 Å². The molecule has 0 saturated heterocycles. The van der Waals surface area contributed by atoms with Gasteiger partial charge in [-0.05, 0) is 6.42 Å². The van der Waals surface area contributed by atoms with Gasteiger partial charge in [0.2, 0.25) is 0 Å². The van der Waals surface area contributed by atoms with Gasteiger partial charge >= 0.3 is 0 Å².